The van der Waals surface area contributed by atoms with Crippen molar-refractivity contribution in [1.29, 1.82) is 0 Å². The van der Waals surface area contributed by atoms with Crippen molar-refractivity contribution in [3.63, 3.8) is 0 Å². The predicted molar refractivity (Wildman–Crippen MR) is 64.8 cm³/mol. The van der Waals surface area contributed by atoms with E-state index in [1.807, 2.05) is 12.1 Å². The van der Waals surface area contributed by atoms with Crippen LogP contribution in [0, 0.1) is 0 Å². The van der Waals surface area contributed by atoms with Crippen LogP contribution in [-0.4, -0.2) is 14.2 Å². The van der Waals surface area contributed by atoms with E-state index in [-0.39, 0.29) is 0 Å². The van der Waals surface area contributed by atoms with Gasteiger partial charge in [0.1, 0.15) is 0 Å². The van der Waals surface area contributed by atoms with Crippen molar-refractivity contribution in [3.8, 4) is 11.1 Å². The van der Waals surface area contributed by atoms with Gasteiger partial charge in [0.05, 0.1) is 0 Å². The van der Waals surface area contributed by atoms with E-state index >= 15 is 0 Å². The van der Waals surface area contributed by atoms with Crippen LogP contribution in [0.5, 0.6) is 0 Å². The second kappa shape index (κ2) is 6.80. The lowest BCUT2D eigenvalue weighted by Crippen LogP contribution is -1.73. The van der Waals surface area contributed by atoms with Crippen molar-refractivity contribution in [2.75, 3.05) is 14.2 Å². The normalized spacial score (nSPS) is 8.93. The third-order valence-corrected chi connectivity index (χ3v) is 1.88. The molecule has 1 heteroatoms. The van der Waals surface area contributed by atoms with Crippen LogP contribution in [0.15, 0.2) is 60.7 Å². The van der Waals surface area contributed by atoms with E-state index in [0.717, 1.165) is 0 Å². The highest BCUT2D eigenvalue weighted by atomic mass is 16.4. The molecule has 0 aliphatic heterocycles. The molecule has 0 fully saturated rings. The molecule has 1 nitrogen and oxygen atoms in total. The lowest BCUT2D eigenvalue weighted by Gasteiger charge is -1.98. The fraction of sp³-hybridized carbons (Fsp3) is 0.143. The highest BCUT2D eigenvalue weighted by Crippen LogP contribution is 2.17. The van der Waals surface area contributed by atoms with Crippen LogP contribution < -0.4 is 0 Å². The van der Waals surface area contributed by atoms with Gasteiger partial charge in [-0.05, 0) is 11.1 Å². The largest absolute Gasteiger partial charge is 0.388 e. The van der Waals surface area contributed by atoms with Gasteiger partial charge in [0.15, 0.2) is 0 Å². The molecule has 78 valence electrons. The molecule has 0 aromatic heterocycles. The quantitative estimate of drug-likeness (QED) is 0.683. The molecule has 2 aromatic carbocycles. The van der Waals surface area contributed by atoms with Gasteiger partial charge in [0.2, 0.25) is 0 Å². The van der Waals surface area contributed by atoms with Gasteiger partial charge in [0.25, 0.3) is 0 Å². The summed E-state index contributed by atoms with van der Waals surface area (Å²) in [5, 5.41) is 0. The third kappa shape index (κ3) is 3.96. The number of methoxy groups -OCH3 is 1. The molecule has 0 saturated heterocycles. The number of rotatable bonds is 1. The van der Waals surface area contributed by atoms with Crippen LogP contribution in [0.2, 0.25) is 0 Å². The van der Waals surface area contributed by atoms with Crippen LogP contribution in [-0.2, 0) is 4.74 Å². The molecule has 2 rings (SSSR count). The van der Waals surface area contributed by atoms with Crippen LogP contribution in [0.3, 0.4) is 0 Å². The molecule has 0 unspecified atom stereocenters. The molecule has 0 spiro atoms. The topological polar surface area (TPSA) is 9.23 Å². The van der Waals surface area contributed by atoms with E-state index in [2.05, 4.69) is 53.3 Å². The standard InChI is InChI=1S/C12H10.C2H6O/c1-3-7-11(8-4-1)12-9-5-2-6-10-12;1-3-2/h1-10H;1-2H3. The van der Waals surface area contributed by atoms with Crippen LogP contribution in [0.1, 0.15) is 0 Å². The molecule has 0 heterocycles. The number of ether oxygens (including phenoxy) is 1. The zero-order chi connectivity index (χ0) is 10.9. The molecule has 0 N–H and O–H groups in total. The Morgan fingerprint density at radius 2 is 0.867 bits per heavy atom. The van der Waals surface area contributed by atoms with E-state index in [1.165, 1.54) is 11.1 Å². The van der Waals surface area contributed by atoms with Gasteiger partial charge in [-0.15, -0.1) is 0 Å². The maximum Gasteiger partial charge on any atom is 0.0351 e. The molecule has 0 atom stereocenters. The summed E-state index contributed by atoms with van der Waals surface area (Å²) in [5.74, 6) is 0. The van der Waals surface area contributed by atoms with Crippen LogP contribution in [0.25, 0.3) is 11.1 Å². The summed E-state index contributed by atoms with van der Waals surface area (Å²) in [4.78, 5) is 0. The van der Waals surface area contributed by atoms with Crippen LogP contribution in [0.4, 0.5) is 0 Å². The zero-order valence-corrected chi connectivity index (χ0v) is 9.18. The number of benzene rings is 2. The van der Waals surface area contributed by atoms with Gasteiger partial charge < -0.3 is 4.74 Å². The second-order valence-corrected chi connectivity index (χ2v) is 3.14. The fourth-order valence-corrected chi connectivity index (χ4v) is 1.26. The Labute approximate surface area is 91.3 Å². The average molecular weight is 200 g/mol. The first kappa shape index (κ1) is 11.5. The van der Waals surface area contributed by atoms with Crippen molar-refractivity contribution in [2.45, 2.75) is 0 Å². The van der Waals surface area contributed by atoms with Gasteiger partial charge in [0, 0.05) is 14.2 Å². The van der Waals surface area contributed by atoms with E-state index < -0.39 is 0 Å². The van der Waals surface area contributed by atoms with Gasteiger partial charge in [-0.1, -0.05) is 60.7 Å². The Morgan fingerprint density at radius 1 is 0.600 bits per heavy atom. The summed E-state index contributed by atoms with van der Waals surface area (Å²) in [6, 6.07) is 20.8. The summed E-state index contributed by atoms with van der Waals surface area (Å²) >= 11 is 0. The van der Waals surface area contributed by atoms with E-state index in [4.69, 9.17) is 0 Å². The molecule has 0 aliphatic rings. The highest BCUT2D eigenvalue weighted by Gasteiger charge is 1.91. The molecular formula is C14H16O. The Balaban J connectivity index is 0.000000337. The number of hydrogen-bond acceptors (Lipinski definition) is 1. The second-order valence-electron chi connectivity index (χ2n) is 3.14. The first-order valence-electron chi connectivity index (χ1n) is 4.89. The molecule has 2 aromatic rings. The first-order chi connectivity index (χ1) is 7.38. The predicted octanol–water partition coefficient (Wildman–Crippen LogP) is 3.62. The van der Waals surface area contributed by atoms with Crippen molar-refractivity contribution < 1.29 is 4.74 Å². The Bertz CT molecular complexity index is 316. The Morgan fingerprint density at radius 3 is 1.13 bits per heavy atom. The fourth-order valence-electron chi connectivity index (χ4n) is 1.26. The average Bonchev–Trinajstić information content (AvgIpc) is 2.32. The minimum Gasteiger partial charge on any atom is -0.388 e. The van der Waals surface area contributed by atoms with E-state index in [9.17, 15) is 0 Å². The summed E-state index contributed by atoms with van der Waals surface area (Å²) in [6.07, 6.45) is 0. The van der Waals surface area contributed by atoms with Gasteiger partial charge >= 0.3 is 0 Å². The molecule has 15 heavy (non-hydrogen) atoms. The van der Waals surface area contributed by atoms with Crippen molar-refractivity contribution in [2.24, 2.45) is 0 Å². The van der Waals surface area contributed by atoms with Gasteiger partial charge in [-0.2, -0.15) is 0 Å². The van der Waals surface area contributed by atoms with E-state index in [0.29, 0.717) is 0 Å². The molecule has 0 amide bonds. The molecule has 0 radical (unpaired) electrons. The lowest BCUT2D eigenvalue weighted by atomic mass is 10.1. The third-order valence-electron chi connectivity index (χ3n) is 1.88. The van der Waals surface area contributed by atoms with Crippen molar-refractivity contribution >= 4 is 0 Å². The maximum atomic E-state index is 4.25. The highest BCUT2D eigenvalue weighted by molar-refractivity contribution is 5.62. The Hall–Kier alpha value is -1.60. The van der Waals surface area contributed by atoms with Gasteiger partial charge in [-0.3, -0.25) is 0 Å². The number of hydrogen-bond donors (Lipinski definition) is 0. The first-order valence-corrected chi connectivity index (χ1v) is 4.89. The molecule has 0 aliphatic carbocycles. The van der Waals surface area contributed by atoms with Crippen LogP contribution >= 0.6 is 0 Å². The zero-order valence-electron chi connectivity index (χ0n) is 9.18. The maximum absolute atomic E-state index is 4.25. The SMILES string of the molecule is COC.c1ccc(-c2ccccc2)cc1. The summed E-state index contributed by atoms with van der Waals surface area (Å²) < 4.78 is 4.25. The molecule has 0 saturated carbocycles. The van der Waals surface area contributed by atoms with Crippen molar-refractivity contribution in [1.82, 2.24) is 0 Å². The van der Waals surface area contributed by atoms with E-state index in [1.54, 1.807) is 14.2 Å². The minimum atomic E-state index is 1.28. The summed E-state index contributed by atoms with van der Waals surface area (Å²) in [5.41, 5.74) is 2.55. The molecular weight excluding hydrogens is 184 g/mol. The summed E-state index contributed by atoms with van der Waals surface area (Å²) in [7, 11) is 3.25. The Kier molecular flexibility index (Phi) is 5.20. The monoisotopic (exact) mass is 200 g/mol. The van der Waals surface area contributed by atoms with Crippen molar-refractivity contribution in [3.05, 3.63) is 60.7 Å². The smallest absolute Gasteiger partial charge is 0.0351 e. The minimum absolute atomic E-state index is 1.28. The van der Waals surface area contributed by atoms with Gasteiger partial charge in [-0.25, -0.2) is 0 Å². The molecule has 0 bridgehead atoms. The summed E-state index contributed by atoms with van der Waals surface area (Å²) in [6.45, 7) is 0. The lowest BCUT2D eigenvalue weighted by molar-refractivity contribution is 0.277.